The summed E-state index contributed by atoms with van der Waals surface area (Å²) in [6.07, 6.45) is 70.3. The fourth-order valence-electron chi connectivity index (χ4n) is 9.02. The lowest BCUT2D eigenvalue weighted by Crippen LogP contribution is -2.30. The summed E-state index contributed by atoms with van der Waals surface area (Å²) in [6.45, 7) is 2.50. The second kappa shape index (κ2) is 64.6. The third-order valence-corrected chi connectivity index (χ3v) is 16.2. The molecular formula is C71H124O16P2. The molecule has 0 aliphatic rings. The van der Waals surface area contributed by atoms with E-state index in [1.54, 1.807) is 0 Å². The molecule has 16 nitrogen and oxygen atoms in total. The summed E-state index contributed by atoms with van der Waals surface area (Å²) in [7, 11) is -9.77. The van der Waals surface area contributed by atoms with Crippen molar-refractivity contribution in [2.24, 2.45) is 0 Å². The summed E-state index contributed by atoms with van der Waals surface area (Å²) in [5, 5.41) is 20.5. The van der Waals surface area contributed by atoms with Gasteiger partial charge in [0.15, 0.2) is 6.10 Å². The molecule has 4 N–H and O–H groups in total. The Morgan fingerprint density at radius 1 is 0.326 bits per heavy atom. The molecule has 0 bridgehead atoms. The van der Waals surface area contributed by atoms with Crippen LogP contribution >= 0.6 is 15.6 Å². The highest BCUT2D eigenvalue weighted by Crippen LogP contribution is 2.45. The third-order valence-electron chi connectivity index (χ3n) is 14.3. The van der Waals surface area contributed by atoms with E-state index >= 15 is 0 Å². The Balaban J connectivity index is 4.57. The van der Waals surface area contributed by atoms with Crippen LogP contribution in [0.5, 0.6) is 0 Å². The van der Waals surface area contributed by atoms with Crippen LogP contribution in [0.2, 0.25) is 0 Å². The Kier molecular flexibility index (Phi) is 62.0. The van der Waals surface area contributed by atoms with Gasteiger partial charge in [0.2, 0.25) is 0 Å². The molecule has 514 valence electrons. The minimum absolute atomic E-state index is 0.104. The van der Waals surface area contributed by atoms with Crippen molar-refractivity contribution in [3.8, 4) is 0 Å². The molecule has 0 fully saturated rings. The van der Waals surface area contributed by atoms with Gasteiger partial charge in [-0.25, -0.2) is 9.13 Å². The molecule has 0 aliphatic carbocycles. The lowest BCUT2D eigenvalue weighted by molar-refractivity contribution is -0.161. The molecule has 0 aromatic carbocycles. The first-order valence-electron chi connectivity index (χ1n) is 34.5. The normalized spacial score (nSPS) is 14.8. The van der Waals surface area contributed by atoms with E-state index in [0.717, 1.165) is 161 Å². The second-order valence-electron chi connectivity index (χ2n) is 23.0. The molecule has 0 aliphatic heterocycles. The number of unbranched alkanes of at least 4 members (excludes halogenated alkanes) is 26. The highest BCUT2D eigenvalue weighted by Gasteiger charge is 2.29. The van der Waals surface area contributed by atoms with Crippen molar-refractivity contribution in [1.29, 1.82) is 0 Å². The number of rotatable bonds is 65. The second-order valence-corrected chi connectivity index (χ2v) is 25.9. The molecule has 0 spiro atoms. The van der Waals surface area contributed by atoms with Gasteiger partial charge in [-0.1, -0.05) is 253 Å². The summed E-state index contributed by atoms with van der Waals surface area (Å²) < 4.78 is 60.8. The topological polar surface area (TPSA) is 231 Å². The van der Waals surface area contributed by atoms with Gasteiger partial charge in [0.1, 0.15) is 25.4 Å². The average molecular weight is 1300 g/mol. The van der Waals surface area contributed by atoms with Gasteiger partial charge in [-0.3, -0.25) is 32.5 Å². The molecule has 0 aromatic rings. The first-order chi connectivity index (χ1) is 43.2. The molecule has 0 aromatic heterocycles. The fourth-order valence-corrected chi connectivity index (χ4v) is 10.6. The first kappa shape index (κ1) is 85.5. The Morgan fingerprint density at radius 2 is 0.596 bits per heavy atom. The number of aliphatic hydroxyl groups excluding tert-OH is 2. The van der Waals surface area contributed by atoms with E-state index in [-0.39, 0.29) is 19.3 Å². The van der Waals surface area contributed by atoms with Crippen molar-refractivity contribution in [3.05, 3.63) is 97.2 Å². The average Bonchev–Trinajstić information content (AvgIpc) is 3.54. The Morgan fingerprint density at radius 3 is 0.966 bits per heavy atom. The Hall–Kier alpha value is -3.53. The maximum Gasteiger partial charge on any atom is 0.472 e. The minimum atomic E-state index is -4.92. The molecule has 18 heteroatoms. The van der Waals surface area contributed by atoms with Crippen molar-refractivity contribution >= 4 is 33.6 Å². The summed E-state index contributed by atoms with van der Waals surface area (Å²) >= 11 is 0. The zero-order valence-electron chi connectivity index (χ0n) is 55.6. The van der Waals surface area contributed by atoms with E-state index in [1.165, 1.54) is 57.8 Å². The smallest absolute Gasteiger partial charge is 0.463 e. The molecule has 0 saturated heterocycles. The SMILES string of the molecule is CC/C=C\C/C=C\C/C=C\C/C=C\C/C=C\CCCCCCCCCC(=O)OCC(O)COP(=O)(O)OCC(O)COP(=O)(O)OCC(COC(=O)CCCCCCCC/C=C\C/C=C\C/C=C\CCCCC)OC(=O)CCCCCCCCCCCCC. The van der Waals surface area contributed by atoms with E-state index in [0.29, 0.717) is 19.3 Å². The zero-order chi connectivity index (χ0) is 65.3. The van der Waals surface area contributed by atoms with Gasteiger partial charge in [0, 0.05) is 19.3 Å². The minimum Gasteiger partial charge on any atom is -0.463 e. The van der Waals surface area contributed by atoms with Crippen LogP contribution in [0.1, 0.15) is 278 Å². The fraction of sp³-hybridized carbons (Fsp3) is 0.732. The van der Waals surface area contributed by atoms with Crippen LogP contribution in [0.4, 0.5) is 0 Å². The van der Waals surface area contributed by atoms with Crippen LogP contribution in [0.25, 0.3) is 0 Å². The lowest BCUT2D eigenvalue weighted by atomic mass is 10.1. The maximum atomic E-state index is 12.9. The van der Waals surface area contributed by atoms with Crippen molar-refractivity contribution in [2.75, 3.05) is 39.6 Å². The van der Waals surface area contributed by atoms with Gasteiger partial charge in [0.05, 0.1) is 26.4 Å². The predicted molar refractivity (Wildman–Crippen MR) is 362 cm³/mol. The van der Waals surface area contributed by atoms with Gasteiger partial charge in [-0.05, 0) is 103 Å². The molecule has 0 rings (SSSR count). The number of carbonyl (C=O) groups excluding carboxylic acids is 3. The Labute approximate surface area is 539 Å². The third kappa shape index (κ3) is 65.8. The molecular weight excluding hydrogens is 1170 g/mol. The largest absolute Gasteiger partial charge is 0.472 e. The number of aliphatic hydroxyl groups is 2. The van der Waals surface area contributed by atoms with E-state index in [9.17, 15) is 43.5 Å². The number of hydrogen-bond acceptors (Lipinski definition) is 14. The highest BCUT2D eigenvalue weighted by atomic mass is 31.2. The van der Waals surface area contributed by atoms with Gasteiger partial charge in [0.25, 0.3) is 0 Å². The molecule has 89 heavy (non-hydrogen) atoms. The van der Waals surface area contributed by atoms with Crippen LogP contribution in [-0.4, -0.2) is 95.9 Å². The molecule has 5 unspecified atom stereocenters. The first-order valence-corrected chi connectivity index (χ1v) is 37.5. The van der Waals surface area contributed by atoms with Crippen molar-refractivity contribution in [3.63, 3.8) is 0 Å². The monoisotopic (exact) mass is 1290 g/mol. The van der Waals surface area contributed by atoms with Crippen LogP contribution in [0.15, 0.2) is 97.2 Å². The number of carbonyl (C=O) groups is 3. The molecule has 0 radical (unpaired) electrons. The number of phosphoric acid groups is 2. The number of allylic oxidation sites excluding steroid dienone is 16. The van der Waals surface area contributed by atoms with E-state index in [2.05, 4.69) is 118 Å². The van der Waals surface area contributed by atoms with Crippen LogP contribution in [-0.2, 0) is 55.8 Å². The lowest BCUT2D eigenvalue weighted by Gasteiger charge is -2.21. The number of ether oxygens (including phenoxy) is 3. The van der Waals surface area contributed by atoms with Crippen molar-refractivity contribution < 1.29 is 75.8 Å². The predicted octanol–water partition coefficient (Wildman–Crippen LogP) is 19.1. The van der Waals surface area contributed by atoms with Gasteiger partial charge in [-0.15, -0.1) is 0 Å². The van der Waals surface area contributed by atoms with Gasteiger partial charge in [-0.2, -0.15) is 0 Å². The van der Waals surface area contributed by atoms with Gasteiger partial charge < -0.3 is 34.2 Å². The summed E-state index contributed by atoms with van der Waals surface area (Å²) in [5.41, 5.74) is 0. The van der Waals surface area contributed by atoms with Crippen molar-refractivity contribution in [2.45, 2.75) is 296 Å². The zero-order valence-corrected chi connectivity index (χ0v) is 57.4. The van der Waals surface area contributed by atoms with Crippen LogP contribution in [0.3, 0.4) is 0 Å². The maximum absolute atomic E-state index is 12.9. The Bertz CT molecular complexity index is 2010. The van der Waals surface area contributed by atoms with E-state index < -0.39 is 91.5 Å². The summed E-state index contributed by atoms with van der Waals surface area (Å²) in [6, 6.07) is 0. The number of phosphoric ester groups is 2. The van der Waals surface area contributed by atoms with Crippen molar-refractivity contribution in [1.82, 2.24) is 0 Å². The van der Waals surface area contributed by atoms with E-state index in [1.807, 2.05) is 0 Å². The summed E-state index contributed by atoms with van der Waals surface area (Å²) in [5.74, 6) is -1.59. The van der Waals surface area contributed by atoms with E-state index in [4.69, 9.17) is 32.3 Å². The molecule has 0 amide bonds. The van der Waals surface area contributed by atoms with Gasteiger partial charge >= 0.3 is 33.6 Å². The van der Waals surface area contributed by atoms with Crippen LogP contribution in [0, 0.1) is 0 Å². The molecule has 0 saturated carbocycles. The molecule has 5 atom stereocenters. The quantitative estimate of drug-likeness (QED) is 0.0146. The standard InChI is InChI=1S/C71H124O16P2/c1-4-7-10-13-16-19-22-24-26-28-30-31-32-33-35-37-38-40-43-45-48-51-54-57-69(74)81-60-66(72)61-83-88(77,78)84-62-67(73)63-85-89(79,80)86-65-68(87-71(76)59-56-53-50-47-42-21-18-15-12-9-6-3)64-82-70(75)58-55-52-49-46-44-41-39-36-34-29-27-25-23-20-17-14-11-8-5-2/h7,10,16-17,19-20,24-27,30-31,33-36,66-68,72-73H,4-6,8-9,11-15,18,21-23,28-29,32,37-65H2,1-3H3,(H,77,78)(H,79,80)/b10-7-,19-16-,20-17-,26-24-,27-25-,31-30-,35-33-,36-34-. The number of hydrogen-bond donors (Lipinski definition) is 4. The van der Waals surface area contributed by atoms with Crippen LogP contribution < -0.4 is 0 Å². The summed E-state index contributed by atoms with van der Waals surface area (Å²) in [4.78, 5) is 58.3. The highest BCUT2D eigenvalue weighted by molar-refractivity contribution is 7.47. The number of esters is 3. The molecule has 0 heterocycles.